The highest BCUT2D eigenvalue weighted by Crippen LogP contribution is 2.29. The molecule has 2 amide bonds. The van der Waals surface area contributed by atoms with Crippen LogP contribution >= 0.6 is 15.9 Å². The summed E-state index contributed by atoms with van der Waals surface area (Å²) in [5.74, 6) is 0.201. The molecule has 7 nitrogen and oxygen atoms in total. The van der Waals surface area contributed by atoms with E-state index >= 15 is 0 Å². The van der Waals surface area contributed by atoms with Crippen LogP contribution in [0.2, 0.25) is 0 Å². The maximum atomic E-state index is 12.9. The van der Waals surface area contributed by atoms with Crippen LogP contribution in [0.4, 0.5) is 5.69 Å². The number of hydrogen-bond acceptors (Lipinski definition) is 5. The lowest BCUT2D eigenvalue weighted by Gasteiger charge is -2.38. The minimum Gasteiger partial charge on any atom is -0.340 e. The maximum absolute atomic E-state index is 12.9. The quantitative estimate of drug-likeness (QED) is 0.662. The summed E-state index contributed by atoms with van der Waals surface area (Å²) < 4.78 is 24.3. The summed E-state index contributed by atoms with van der Waals surface area (Å²) in [4.78, 5) is 31.1. The Kier molecular flexibility index (Phi) is 5.50. The average molecular weight is 470 g/mol. The molecule has 28 heavy (non-hydrogen) atoms. The first-order chi connectivity index (χ1) is 13.3. The van der Waals surface area contributed by atoms with Crippen molar-refractivity contribution in [3.05, 3.63) is 28.7 Å². The molecule has 1 aromatic rings. The molecular formula is C19H24BrN3O4S. The van der Waals surface area contributed by atoms with Crippen LogP contribution in [0.3, 0.4) is 0 Å². The van der Waals surface area contributed by atoms with Gasteiger partial charge >= 0.3 is 0 Å². The van der Waals surface area contributed by atoms with E-state index in [4.69, 9.17) is 0 Å². The minimum absolute atomic E-state index is 0.0220. The van der Waals surface area contributed by atoms with Crippen LogP contribution in [0.25, 0.3) is 0 Å². The second-order valence-corrected chi connectivity index (χ2v) is 10.9. The van der Waals surface area contributed by atoms with E-state index in [1.807, 2.05) is 29.2 Å². The lowest BCUT2D eigenvalue weighted by molar-refractivity contribution is -0.137. The largest absolute Gasteiger partial charge is 0.340 e. The molecule has 1 aromatic carbocycles. The number of anilines is 1. The normalized spacial score (nSPS) is 28.1. The highest BCUT2D eigenvalue weighted by atomic mass is 79.9. The number of amides is 2. The zero-order valence-corrected chi connectivity index (χ0v) is 18.0. The summed E-state index contributed by atoms with van der Waals surface area (Å²) in [6.07, 6.45) is 0.932. The number of benzene rings is 1. The van der Waals surface area contributed by atoms with Crippen molar-refractivity contribution in [3.63, 3.8) is 0 Å². The van der Waals surface area contributed by atoms with E-state index < -0.39 is 9.84 Å². The lowest BCUT2D eigenvalue weighted by Crippen LogP contribution is -2.53. The van der Waals surface area contributed by atoms with Gasteiger partial charge < -0.3 is 9.80 Å². The summed E-state index contributed by atoms with van der Waals surface area (Å²) in [6, 6.07) is 7.64. The average Bonchev–Trinajstić information content (AvgIpc) is 3.23. The molecule has 0 spiro atoms. The molecule has 3 aliphatic heterocycles. The molecular weight excluding hydrogens is 446 g/mol. The number of hydrogen-bond donors (Lipinski definition) is 0. The topological polar surface area (TPSA) is 78.0 Å². The summed E-state index contributed by atoms with van der Waals surface area (Å²) in [6.45, 7) is 2.99. The lowest BCUT2D eigenvalue weighted by atomic mass is 10.1. The van der Waals surface area contributed by atoms with E-state index in [-0.39, 0.29) is 41.7 Å². The highest BCUT2D eigenvalue weighted by molar-refractivity contribution is 9.10. The van der Waals surface area contributed by atoms with Gasteiger partial charge in [0.2, 0.25) is 11.8 Å². The van der Waals surface area contributed by atoms with Crippen molar-refractivity contribution < 1.29 is 18.0 Å². The second-order valence-electron chi connectivity index (χ2n) is 7.80. The van der Waals surface area contributed by atoms with E-state index in [1.54, 1.807) is 4.90 Å². The van der Waals surface area contributed by atoms with Crippen LogP contribution in [-0.2, 0) is 19.4 Å². The molecule has 0 aromatic heterocycles. The van der Waals surface area contributed by atoms with Gasteiger partial charge in [0.1, 0.15) is 0 Å². The fourth-order valence-electron chi connectivity index (χ4n) is 4.40. The van der Waals surface area contributed by atoms with Crippen molar-refractivity contribution in [1.29, 1.82) is 0 Å². The van der Waals surface area contributed by atoms with Crippen LogP contribution in [-0.4, -0.2) is 80.3 Å². The number of carbonyl (C=O) groups excluding carboxylic acids is 2. The molecule has 0 N–H and O–H groups in total. The monoisotopic (exact) mass is 469 g/mol. The number of carbonyl (C=O) groups is 2. The Bertz CT molecular complexity index is 883. The fraction of sp³-hybridized carbons (Fsp3) is 0.579. The van der Waals surface area contributed by atoms with Gasteiger partial charge in [-0.1, -0.05) is 22.0 Å². The smallest absolute Gasteiger partial charge is 0.228 e. The molecule has 3 heterocycles. The van der Waals surface area contributed by atoms with Crippen molar-refractivity contribution in [3.8, 4) is 0 Å². The van der Waals surface area contributed by atoms with Crippen LogP contribution < -0.4 is 4.90 Å². The van der Waals surface area contributed by atoms with Crippen molar-refractivity contribution in [1.82, 2.24) is 9.80 Å². The molecule has 0 radical (unpaired) electrons. The second kappa shape index (κ2) is 7.76. The summed E-state index contributed by atoms with van der Waals surface area (Å²) >= 11 is 3.42. The molecule has 2 unspecified atom stereocenters. The Morgan fingerprint density at radius 1 is 1.14 bits per heavy atom. The highest BCUT2D eigenvalue weighted by Gasteiger charge is 2.39. The maximum Gasteiger partial charge on any atom is 0.228 e. The molecule has 4 rings (SSSR count). The standard InChI is InChI=1S/C19H24BrN3O4S/c20-15-2-1-3-16(11-15)23-12-14(10-18(23)24)19(25)22-7-5-21(6-8-22)17-4-9-28(26,27)13-17/h1-3,11,14,17H,4-10,12-13H2. The van der Waals surface area contributed by atoms with Gasteiger partial charge in [0.15, 0.2) is 9.84 Å². The third kappa shape index (κ3) is 4.11. The third-order valence-corrected chi connectivity index (χ3v) is 8.19. The van der Waals surface area contributed by atoms with Crippen molar-refractivity contribution in [2.75, 3.05) is 49.1 Å². The number of halogens is 1. The Morgan fingerprint density at radius 3 is 2.54 bits per heavy atom. The van der Waals surface area contributed by atoms with Crippen LogP contribution in [0.5, 0.6) is 0 Å². The van der Waals surface area contributed by atoms with E-state index in [9.17, 15) is 18.0 Å². The number of sulfone groups is 1. The van der Waals surface area contributed by atoms with Gasteiger partial charge in [-0.15, -0.1) is 0 Å². The first kappa shape index (κ1) is 19.8. The molecule has 3 fully saturated rings. The first-order valence-corrected chi connectivity index (χ1v) is 12.2. The number of rotatable bonds is 3. The van der Waals surface area contributed by atoms with E-state index in [0.717, 1.165) is 10.2 Å². The van der Waals surface area contributed by atoms with Gasteiger partial charge in [-0.2, -0.15) is 0 Å². The minimum atomic E-state index is -2.90. The predicted octanol–water partition coefficient (Wildman–Crippen LogP) is 1.13. The molecule has 0 aliphatic carbocycles. The third-order valence-electron chi connectivity index (χ3n) is 5.94. The molecule has 0 bridgehead atoms. The Hall–Kier alpha value is -1.45. The molecule has 9 heteroatoms. The molecule has 2 atom stereocenters. The fourth-order valence-corrected chi connectivity index (χ4v) is 6.54. The predicted molar refractivity (Wildman–Crippen MR) is 110 cm³/mol. The zero-order chi connectivity index (χ0) is 19.9. The SMILES string of the molecule is O=C(C1CC(=O)N(c2cccc(Br)c2)C1)N1CCN(C2CCS(=O)(=O)C2)CC1. The van der Waals surface area contributed by atoms with Gasteiger partial charge in [-0.3, -0.25) is 14.5 Å². The van der Waals surface area contributed by atoms with Gasteiger partial charge in [-0.05, 0) is 24.6 Å². The first-order valence-electron chi connectivity index (χ1n) is 9.61. The summed E-state index contributed by atoms with van der Waals surface area (Å²) in [5, 5.41) is 0. The Labute approximate surface area is 173 Å². The molecule has 3 saturated heterocycles. The zero-order valence-electron chi connectivity index (χ0n) is 15.6. The van der Waals surface area contributed by atoms with Crippen LogP contribution in [0.1, 0.15) is 12.8 Å². The van der Waals surface area contributed by atoms with Crippen molar-refractivity contribution >= 4 is 43.3 Å². The van der Waals surface area contributed by atoms with Gasteiger partial charge in [0.25, 0.3) is 0 Å². The van der Waals surface area contributed by atoms with E-state index in [0.29, 0.717) is 39.1 Å². The van der Waals surface area contributed by atoms with Gasteiger partial charge in [-0.25, -0.2) is 8.42 Å². The molecule has 0 saturated carbocycles. The Balaban J connectivity index is 1.34. The Morgan fingerprint density at radius 2 is 1.89 bits per heavy atom. The number of nitrogens with zero attached hydrogens (tertiary/aromatic N) is 3. The summed E-state index contributed by atoms with van der Waals surface area (Å²) in [7, 11) is -2.90. The van der Waals surface area contributed by atoms with Gasteiger partial charge in [0, 0.05) is 55.3 Å². The van der Waals surface area contributed by atoms with Crippen molar-refractivity contribution in [2.24, 2.45) is 5.92 Å². The summed E-state index contributed by atoms with van der Waals surface area (Å²) in [5.41, 5.74) is 0.807. The van der Waals surface area contributed by atoms with Gasteiger partial charge in [0.05, 0.1) is 17.4 Å². The van der Waals surface area contributed by atoms with E-state index in [2.05, 4.69) is 20.8 Å². The van der Waals surface area contributed by atoms with Crippen LogP contribution in [0.15, 0.2) is 28.7 Å². The molecule has 152 valence electrons. The number of piperazine rings is 1. The van der Waals surface area contributed by atoms with E-state index in [1.165, 1.54) is 0 Å². The van der Waals surface area contributed by atoms with Crippen molar-refractivity contribution in [2.45, 2.75) is 18.9 Å². The molecule has 3 aliphatic rings. The van der Waals surface area contributed by atoms with Crippen LogP contribution in [0, 0.1) is 5.92 Å².